The van der Waals surface area contributed by atoms with E-state index in [1.54, 1.807) is 4.90 Å². The maximum absolute atomic E-state index is 13.5. The number of aromatic nitrogens is 2. The molecule has 4 rings (SSSR count). The number of hydrogen-bond acceptors (Lipinski definition) is 4. The minimum Gasteiger partial charge on any atom is -0.329 e. The van der Waals surface area contributed by atoms with Crippen molar-refractivity contribution in [2.75, 3.05) is 6.54 Å². The van der Waals surface area contributed by atoms with Gasteiger partial charge in [0.15, 0.2) is 5.69 Å². The van der Waals surface area contributed by atoms with E-state index in [9.17, 15) is 22.8 Å². The summed E-state index contributed by atoms with van der Waals surface area (Å²) in [4.78, 5) is 28.3. The first-order valence-electron chi connectivity index (χ1n) is 9.39. The van der Waals surface area contributed by atoms with Crippen LogP contribution in [0.5, 0.6) is 0 Å². The SMILES string of the molecule is Cc1cc(=O)c(C(=O)N2CCC[C@@H]2c2cccs2)nn1-c1ccccc1C(F)(F)F. The lowest BCUT2D eigenvalue weighted by atomic mass is 10.1. The Hall–Kier alpha value is -2.94. The van der Waals surface area contributed by atoms with Gasteiger partial charge in [-0.05, 0) is 43.3 Å². The van der Waals surface area contributed by atoms with Gasteiger partial charge >= 0.3 is 6.18 Å². The smallest absolute Gasteiger partial charge is 0.329 e. The summed E-state index contributed by atoms with van der Waals surface area (Å²) >= 11 is 1.53. The van der Waals surface area contributed by atoms with Crippen LogP contribution in [0, 0.1) is 6.92 Å². The van der Waals surface area contributed by atoms with Crippen molar-refractivity contribution in [1.82, 2.24) is 14.7 Å². The van der Waals surface area contributed by atoms with Gasteiger partial charge in [0, 0.05) is 23.2 Å². The number of alkyl halides is 3. The molecular weight excluding hydrogens is 415 g/mol. The Morgan fingerprint density at radius 2 is 1.97 bits per heavy atom. The topological polar surface area (TPSA) is 55.2 Å². The molecule has 5 nitrogen and oxygen atoms in total. The van der Waals surface area contributed by atoms with E-state index in [0.29, 0.717) is 6.54 Å². The molecule has 1 saturated heterocycles. The highest BCUT2D eigenvalue weighted by atomic mass is 32.1. The molecule has 0 unspecified atom stereocenters. The molecule has 0 N–H and O–H groups in total. The number of rotatable bonds is 3. The number of hydrogen-bond donors (Lipinski definition) is 0. The number of para-hydroxylation sites is 1. The lowest BCUT2D eigenvalue weighted by molar-refractivity contribution is -0.137. The molecule has 30 heavy (non-hydrogen) atoms. The van der Waals surface area contributed by atoms with E-state index in [2.05, 4.69) is 5.10 Å². The molecule has 2 aromatic heterocycles. The molecule has 0 bridgehead atoms. The Morgan fingerprint density at radius 3 is 2.67 bits per heavy atom. The number of benzene rings is 1. The van der Waals surface area contributed by atoms with E-state index >= 15 is 0 Å². The predicted octanol–water partition coefficient (Wildman–Crippen LogP) is 4.60. The molecule has 0 saturated carbocycles. The van der Waals surface area contributed by atoms with Crippen LogP contribution < -0.4 is 5.43 Å². The third kappa shape index (κ3) is 3.65. The van der Waals surface area contributed by atoms with Crippen LogP contribution in [-0.4, -0.2) is 27.1 Å². The fourth-order valence-electron chi connectivity index (χ4n) is 3.76. The Balaban J connectivity index is 1.79. The Kier molecular flexibility index (Phi) is 5.23. The van der Waals surface area contributed by atoms with Crippen LogP contribution in [0.4, 0.5) is 13.2 Å². The van der Waals surface area contributed by atoms with Gasteiger partial charge in [-0.25, -0.2) is 4.68 Å². The van der Waals surface area contributed by atoms with E-state index in [1.165, 1.54) is 36.5 Å². The first-order chi connectivity index (χ1) is 14.3. The van der Waals surface area contributed by atoms with Crippen molar-refractivity contribution in [2.45, 2.75) is 32.0 Å². The molecule has 3 heterocycles. The monoisotopic (exact) mass is 433 g/mol. The standard InChI is InChI=1S/C21H18F3N3O2S/c1-13-12-17(28)19(20(29)26-10-4-8-16(26)18-9-5-11-30-18)25-27(13)15-7-3-2-6-14(15)21(22,23)24/h2-3,5-7,9,11-12,16H,4,8,10H2,1H3/t16-/m1/s1. The molecule has 1 amide bonds. The fraction of sp³-hybridized carbons (Fsp3) is 0.286. The van der Waals surface area contributed by atoms with Crippen LogP contribution in [-0.2, 0) is 6.18 Å². The lowest BCUT2D eigenvalue weighted by Crippen LogP contribution is -2.36. The Bertz CT molecular complexity index is 1140. The molecule has 1 atom stereocenters. The van der Waals surface area contributed by atoms with Gasteiger partial charge in [-0.2, -0.15) is 18.3 Å². The average molecular weight is 433 g/mol. The summed E-state index contributed by atoms with van der Waals surface area (Å²) < 4.78 is 41.5. The summed E-state index contributed by atoms with van der Waals surface area (Å²) in [7, 11) is 0. The van der Waals surface area contributed by atoms with Crippen molar-refractivity contribution in [3.05, 3.63) is 79.9 Å². The number of halogens is 3. The van der Waals surface area contributed by atoms with Crippen molar-refractivity contribution >= 4 is 17.2 Å². The summed E-state index contributed by atoms with van der Waals surface area (Å²) in [6.45, 7) is 1.95. The summed E-state index contributed by atoms with van der Waals surface area (Å²) in [6.07, 6.45) is -3.05. The van der Waals surface area contributed by atoms with E-state index in [4.69, 9.17) is 0 Å². The highest BCUT2D eigenvalue weighted by molar-refractivity contribution is 7.10. The summed E-state index contributed by atoms with van der Waals surface area (Å²) in [6, 6.07) is 9.78. The minimum absolute atomic E-state index is 0.157. The first-order valence-corrected chi connectivity index (χ1v) is 10.3. The maximum atomic E-state index is 13.5. The first kappa shape index (κ1) is 20.3. The van der Waals surface area contributed by atoms with Crippen LogP contribution in [0.25, 0.3) is 5.69 Å². The van der Waals surface area contributed by atoms with Crippen LogP contribution in [0.1, 0.15) is 45.5 Å². The molecule has 1 aliphatic heterocycles. The molecule has 0 radical (unpaired) electrons. The van der Waals surface area contributed by atoms with Crippen LogP contribution in [0.2, 0.25) is 0 Å². The number of nitrogens with zero attached hydrogens (tertiary/aromatic N) is 3. The number of aryl methyl sites for hydroxylation is 1. The van der Waals surface area contributed by atoms with Gasteiger partial charge in [-0.3, -0.25) is 9.59 Å². The summed E-state index contributed by atoms with van der Waals surface area (Å²) in [5.41, 5.74) is -1.88. The molecule has 0 spiro atoms. The molecule has 9 heteroatoms. The number of likely N-dealkylation sites (tertiary alicyclic amines) is 1. The zero-order valence-corrected chi connectivity index (χ0v) is 16.8. The quantitative estimate of drug-likeness (QED) is 0.607. The predicted molar refractivity (Wildman–Crippen MR) is 107 cm³/mol. The lowest BCUT2D eigenvalue weighted by Gasteiger charge is -2.24. The number of thiophene rings is 1. The van der Waals surface area contributed by atoms with Crippen LogP contribution in [0.3, 0.4) is 0 Å². The van der Waals surface area contributed by atoms with E-state index in [0.717, 1.165) is 34.5 Å². The molecule has 1 fully saturated rings. The zero-order chi connectivity index (χ0) is 21.5. The van der Waals surface area contributed by atoms with Crippen molar-refractivity contribution in [2.24, 2.45) is 0 Å². The van der Waals surface area contributed by atoms with Gasteiger partial charge in [0.25, 0.3) is 5.91 Å². The maximum Gasteiger partial charge on any atom is 0.418 e. The molecule has 0 aliphatic carbocycles. The fourth-order valence-corrected chi connectivity index (χ4v) is 4.63. The van der Waals surface area contributed by atoms with Gasteiger partial charge in [-0.1, -0.05) is 18.2 Å². The number of carbonyl (C=O) groups is 1. The van der Waals surface area contributed by atoms with E-state index in [-0.39, 0.29) is 23.1 Å². The second kappa shape index (κ2) is 7.71. The molecule has 156 valence electrons. The van der Waals surface area contributed by atoms with Crippen molar-refractivity contribution in [3.8, 4) is 5.69 Å². The second-order valence-corrected chi connectivity index (χ2v) is 8.08. The Morgan fingerprint density at radius 1 is 1.20 bits per heavy atom. The van der Waals surface area contributed by atoms with Crippen molar-refractivity contribution in [3.63, 3.8) is 0 Å². The van der Waals surface area contributed by atoms with Crippen molar-refractivity contribution in [1.29, 1.82) is 0 Å². The van der Waals surface area contributed by atoms with Gasteiger partial charge in [0.1, 0.15) is 0 Å². The van der Waals surface area contributed by atoms with Gasteiger partial charge < -0.3 is 4.90 Å². The molecule has 1 aromatic carbocycles. The third-order valence-corrected chi connectivity index (χ3v) is 6.11. The van der Waals surface area contributed by atoms with Crippen LogP contribution in [0.15, 0.2) is 52.6 Å². The highest BCUT2D eigenvalue weighted by Gasteiger charge is 2.36. The minimum atomic E-state index is -4.60. The molecule has 1 aliphatic rings. The van der Waals surface area contributed by atoms with E-state index in [1.807, 2.05) is 17.5 Å². The normalized spacial score (nSPS) is 16.8. The van der Waals surface area contributed by atoms with Crippen LogP contribution >= 0.6 is 11.3 Å². The second-order valence-electron chi connectivity index (χ2n) is 7.10. The number of carbonyl (C=O) groups excluding carboxylic acids is 1. The molecular formula is C21H18F3N3O2S. The third-order valence-electron chi connectivity index (χ3n) is 5.13. The Labute approximate surface area is 174 Å². The van der Waals surface area contributed by atoms with Gasteiger partial charge in [0.2, 0.25) is 5.43 Å². The largest absolute Gasteiger partial charge is 0.418 e. The van der Waals surface area contributed by atoms with Gasteiger partial charge in [0.05, 0.1) is 17.3 Å². The van der Waals surface area contributed by atoms with Gasteiger partial charge in [-0.15, -0.1) is 11.3 Å². The van der Waals surface area contributed by atoms with E-state index < -0.39 is 23.1 Å². The van der Waals surface area contributed by atoms with Crippen molar-refractivity contribution < 1.29 is 18.0 Å². The zero-order valence-electron chi connectivity index (χ0n) is 16.0. The summed E-state index contributed by atoms with van der Waals surface area (Å²) in [5, 5.41) is 6.01. The highest BCUT2D eigenvalue weighted by Crippen LogP contribution is 2.36. The number of amides is 1. The molecule has 3 aromatic rings. The average Bonchev–Trinajstić information content (AvgIpc) is 3.38. The summed E-state index contributed by atoms with van der Waals surface area (Å²) in [5.74, 6) is -0.561.